The van der Waals surface area contributed by atoms with E-state index in [0.29, 0.717) is 6.42 Å². The maximum absolute atomic E-state index is 10.8. The van der Waals surface area contributed by atoms with Crippen LogP contribution in [0.1, 0.15) is 13.3 Å². The smallest absolute Gasteiger partial charge is 0.311 e. The molecule has 10 heavy (non-hydrogen) atoms. The van der Waals surface area contributed by atoms with Crippen molar-refractivity contribution in [1.29, 1.82) is 0 Å². The van der Waals surface area contributed by atoms with Gasteiger partial charge in [-0.15, -0.1) is 0 Å². The molecule has 0 bridgehead atoms. The van der Waals surface area contributed by atoms with Crippen LogP contribution in [0.3, 0.4) is 0 Å². The van der Waals surface area contributed by atoms with Crippen LogP contribution in [0.5, 0.6) is 0 Å². The van der Waals surface area contributed by atoms with Gasteiger partial charge in [0.05, 0.1) is 0 Å². The second-order valence-corrected chi connectivity index (χ2v) is 2.23. The average molecular weight is 143 g/mol. The van der Waals surface area contributed by atoms with Gasteiger partial charge in [0.1, 0.15) is 0 Å². The number of urea groups is 1. The van der Waals surface area contributed by atoms with Gasteiger partial charge in [0, 0.05) is 0 Å². The first kappa shape index (κ1) is 7.01. The maximum Gasteiger partial charge on any atom is 0.323 e. The van der Waals surface area contributed by atoms with Gasteiger partial charge in [-0.1, -0.05) is 6.92 Å². The molecule has 0 aromatic heterocycles. The normalized spacial score (nSPS) is 31.8. The molecule has 0 aromatic rings. The summed E-state index contributed by atoms with van der Waals surface area (Å²) in [4.78, 5) is 21.3. The Morgan fingerprint density at radius 2 is 2.20 bits per heavy atom. The largest absolute Gasteiger partial charge is 0.323 e. The van der Waals surface area contributed by atoms with Crippen LogP contribution < -0.4 is 16.4 Å². The summed E-state index contributed by atoms with van der Waals surface area (Å²) < 4.78 is 0. The van der Waals surface area contributed by atoms with Gasteiger partial charge in [0.25, 0.3) is 5.91 Å². The van der Waals surface area contributed by atoms with Gasteiger partial charge in [-0.3, -0.25) is 10.1 Å². The van der Waals surface area contributed by atoms with E-state index in [9.17, 15) is 9.59 Å². The van der Waals surface area contributed by atoms with E-state index in [2.05, 4.69) is 5.32 Å². The van der Waals surface area contributed by atoms with E-state index >= 15 is 0 Å². The number of imide groups is 1. The molecule has 0 radical (unpaired) electrons. The summed E-state index contributed by atoms with van der Waals surface area (Å²) in [6.45, 7) is 1.73. The third-order valence-electron chi connectivity index (χ3n) is 1.53. The predicted molar refractivity (Wildman–Crippen MR) is 33.9 cm³/mol. The standard InChI is InChI=1S/C5H9N3O2/c1-2-5(6)3(9)7-4(10)8-5/h2,6H2,1H3,(H2,7,8,9,10). The molecule has 56 valence electrons. The summed E-state index contributed by atoms with van der Waals surface area (Å²) in [7, 11) is 0. The molecule has 5 heteroatoms. The summed E-state index contributed by atoms with van der Waals surface area (Å²) in [5, 5.41) is 4.35. The molecule has 1 rings (SSSR count). The molecule has 1 heterocycles. The van der Waals surface area contributed by atoms with Crippen molar-refractivity contribution in [3.05, 3.63) is 0 Å². The van der Waals surface area contributed by atoms with Crippen LogP contribution in [0.2, 0.25) is 0 Å². The molecule has 1 aliphatic rings. The molecule has 1 atom stereocenters. The second kappa shape index (κ2) is 1.95. The molecule has 3 amide bonds. The first-order valence-electron chi connectivity index (χ1n) is 3.01. The zero-order valence-electron chi connectivity index (χ0n) is 5.60. The minimum Gasteiger partial charge on any atom is -0.311 e. The number of rotatable bonds is 1. The predicted octanol–water partition coefficient (Wildman–Crippen LogP) is -1.11. The van der Waals surface area contributed by atoms with Crippen LogP contribution in [0.15, 0.2) is 0 Å². The molecule has 1 fully saturated rings. The van der Waals surface area contributed by atoms with Crippen molar-refractivity contribution in [3.63, 3.8) is 0 Å². The minimum atomic E-state index is -1.18. The van der Waals surface area contributed by atoms with E-state index in [0.717, 1.165) is 0 Å². The van der Waals surface area contributed by atoms with Crippen LogP contribution >= 0.6 is 0 Å². The fourth-order valence-electron chi connectivity index (χ4n) is 0.754. The molecule has 5 nitrogen and oxygen atoms in total. The quantitative estimate of drug-likeness (QED) is 0.407. The SMILES string of the molecule is CCC1(N)NC(=O)NC1=O. The highest BCUT2D eigenvalue weighted by atomic mass is 16.2. The third-order valence-corrected chi connectivity index (χ3v) is 1.53. The van der Waals surface area contributed by atoms with Crippen molar-refractivity contribution >= 4 is 11.9 Å². The number of nitrogens with one attached hydrogen (secondary N) is 2. The topological polar surface area (TPSA) is 84.2 Å². The highest BCUT2D eigenvalue weighted by Gasteiger charge is 2.40. The monoisotopic (exact) mass is 143 g/mol. The zero-order valence-corrected chi connectivity index (χ0v) is 5.60. The first-order chi connectivity index (χ1) is 4.58. The third kappa shape index (κ3) is 0.841. The summed E-state index contributed by atoms with van der Waals surface area (Å²) in [6.07, 6.45) is 0.393. The Bertz CT molecular complexity index is 191. The van der Waals surface area contributed by atoms with E-state index in [1.165, 1.54) is 0 Å². The maximum atomic E-state index is 10.8. The Balaban J connectivity index is 2.80. The van der Waals surface area contributed by atoms with E-state index in [4.69, 9.17) is 5.73 Å². The van der Waals surface area contributed by atoms with Crippen LogP contribution in [-0.2, 0) is 4.79 Å². The lowest BCUT2D eigenvalue weighted by atomic mass is 10.1. The fourth-order valence-corrected chi connectivity index (χ4v) is 0.754. The highest BCUT2D eigenvalue weighted by Crippen LogP contribution is 2.06. The molecule has 0 spiro atoms. The van der Waals surface area contributed by atoms with Gasteiger partial charge in [-0.25, -0.2) is 4.79 Å². The van der Waals surface area contributed by atoms with E-state index in [-0.39, 0.29) is 0 Å². The Hall–Kier alpha value is -1.10. The van der Waals surface area contributed by atoms with E-state index < -0.39 is 17.6 Å². The highest BCUT2D eigenvalue weighted by molar-refractivity contribution is 6.06. The van der Waals surface area contributed by atoms with Gasteiger partial charge >= 0.3 is 6.03 Å². The number of amides is 3. The van der Waals surface area contributed by atoms with Crippen molar-refractivity contribution in [1.82, 2.24) is 10.6 Å². The summed E-state index contributed by atoms with van der Waals surface area (Å²) in [6, 6.07) is -0.519. The molecule has 4 N–H and O–H groups in total. The Morgan fingerprint density at radius 1 is 1.60 bits per heavy atom. The number of carbonyl (C=O) groups excluding carboxylic acids is 2. The molecule has 1 unspecified atom stereocenters. The van der Waals surface area contributed by atoms with Gasteiger partial charge in [0.15, 0.2) is 5.66 Å². The van der Waals surface area contributed by atoms with Crippen molar-refractivity contribution < 1.29 is 9.59 Å². The zero-order chi connectivity index (χ0) is 7.78. The Morgan fingerprint density at radius 3 is 2.40 bits per heavy atom. The summed E-state index contributed by atoms with van der Waals surface area (Å²) in [5.74, 6) is -0.458. The molecule has 0 saturated carbocycles. The van der Waals surface area contributed by atoms with Crippen molar-refractivity contribution in [2.24, 2.45) is 5.73 Å². The number of nitrogens with two attached hydrogens (primary N) is 1. The minimum absolute atomic E-state index is 0.393. The molecule has 0 aromatic carbocycles. The summed E-state index contributed by atoms with van der Waals surface area (Å²) in [5.41, 5.74) is 4.26. The van der Waals surface area contributed by atoms with Crippen LogP contribution in [0.25, 0.3) is 0 Å². The lowest BCUT2D eigenvalue weighted by molar-refractivity contribution is -0.123. The van der Waals surface area contributed by atoms with Crippen LogP contribution in [0.4, 0.5) is 4.79 Å². The van der Waals surface area contributed by atoms with Crippen molar-refractivity contribution in [2.75, 3.05) is 0 Å². The first-order valence-corrected chi connectivity index (χ1v) is 3.01. The Labute approximate surface area is 58.0 Å². The van der Waals surface area contributed by atoms with E-state index in [1.54, 1.807) is 6.92 Å². The van der Waals surface area contributed by atoms with Gasteiger partial charge < -0.3 is 11.1 Å². The molecular formula is C5H9N3O2. The number of hydrogen-bond donors (Lipinski definition) is 3. The number of hydrogen-bond acceptors (Lipinski definition) is 3. The van der Waals surface area contributed by atoms with Crippen LogP contribution in [0, 0.1) is 0 Å². The average Bonchev–Trinajstić information content (AvgIpc) is 2.09. The fraction of sp³-hybridized carbons (Fsp3) is 0.600. The van der Waals surface area contributed by atoms with Crippen molar-refractivity contribution in [3.8, 4) is 0 Å². The lowest BCUT2D eigenvalue weighted by Gasteiger charge is -2.16. The Kier molecular flexibility index (Phi) is 1.37. The lowest BCUT2D eigenvalue weighted by Crippen LogP contribution is -2.54. The number of carbonyl (C=O) groups is 2. The molecular weight excluding hydrogens is 134 g/mol. The van der Waals surface area contributed by atoms with Gasteiger partial charge in [-0.05, 0) is 6.42 Å². The molecule has 0 aliphatic carbocycles. The second-order valence-electron chi connectivity index (χ2n) is 2.23. The molecule has 1 aliphatic heterocycles. The van der Waals surface area contributed by atoms with E-state index in [1.807, 2.05) is 5.32 Å². The van der Waals surface area contributed by atoms with Crippen molar-refractivity contribution in [2.45, 2.75) is 19.0 Å². The van der Waals surface area contributed by atoms with Crippen LogP contribution in [-0.4, -0.2) is 17.6 Å². The summed E-state index contributed by atoms with van der Waals surface area (Å²) >= 11 is 0. The molecule has 1 saturated heterocycles. The van der Waals surface area contributed by atoms with Gasteiger partial charge in [-0.2, -0.15) is 0 Å². The van der Waals surface area contributed by atoms with Gasteiger partial charge in [0.2, 0.25) is 0 Å².